The number of fused-ring (bicyclic) bond motifs is 1. The number of hydrogen-bond donors (Lipinski definition) is 1. The molecular weight excluding hydrogens is 390 g/mol. The first-order chi connectivity index (χ1) is 13.6. The molecular formula is C21H15N3O2S2. The Kier molecular flexibility index (Phi) is 5.15. The second kappa shape index (κ2) is 7.89. The van der Waals surface area contributed by atoms with E-state index in [1.807, 2.05) is 54.4 Å². The Labute approximate surface area is 170 Å². The summed E-state index contributed by atoms with van der Waals surface area (Å²) >= 11 is 2.56. The summed E-state index contributed by atoms with van der Waals surface area (Å²) in [4.78, 5) is 29.8. The topological polar surface area (TPSA) is 62.3 Å². The highest BCUT2D eigenvalue weighted by atomic mass is 32.2. The predicted octanol–water partition coefficient (Wildman–Crippen LogP) is 4.11. The van der Waals surface area contributed by atoms with Crippen molar-refractivity contribution < 1.29 is 9.59 Å². The predicted molar refractivity (Wildman–Crippen MR) is 115 cm³/mol. The van der Waals surface area contributed by atoms with Gasteiger partial charge in [0.25, 0.3) is 11.1 Å². The molecule has 0 radical (unpaired) electrons. The van der Waals surface area contributed by atoms with Crippen molar-refractivity contribution in [3.05, 3.63) is 64.6 Å². The standard InChI is InChI=1S/C21H15N3O2S2/c1-24(20-22-16-6-2-3-7-17(16)27-20)12-4-5-14-8-10-15(11-9-14)13-18-19(25)23-21(26)28-18/h2-3,6-11,13H,12H2,1H3,(H,23,25,26)/b18-13+. The SMILES string of the molecule is CN(CC#Cc1ccc(/C=C2/SC(=O)NC2=O)cc1)c1nc2ccccc2s1. The minimum Gasteiger partial charge on any atom is -0.340 e. The van der Waals surface area contributed by atoms with Crippen molar-refractivity contribution in [3.8, 4) is 11.8 Å². The first-order valence-corrected chi connectivity index (χ1v) is 10.1. The molecule has 1 fully saturated rings. The second-order valence-corrected chi connectivity index (χ2v) is 8.12. The second-order valence-electron chi connectivity index (χ2n) is 6.10. The highest BCUT2D eigenvalue weighted by Gasteiger charge is 2.24. The molecule has 4 rings (SSSR count). The molecule has 5 nitrogen and oxygen atoms in total. The Hall–Kier alpha value is -3.08. The van der Waals surface area contributed by atoms with Crippen molar-refractivity contribution in [2.45, 2.75) is 0 Å². The van der Waals surface area contributed by atoms with Gasteiger partial charge in [0.2, 0.25) is 0 Å². The highest BCUT2D eigenvalue weighted by Crippen LogP contribution is 2.27. The molecule has 3 aromatic rings. The van der Waals surface area contributed by atoms with E-state index < -0.39 is 0 Å². The van der Waals surface area contributed by atoms with Gasteiger partial charge in [-0.2, -0.15) is 0 Å². The van der Waals surface area contributed by atoms with Gasteiger partial charge in [-0.1, -0.05) is 47.4 Å². The number of nitrogens with zero attached hydrogens (tertiary/aromatic N) is 2. The van der Waals surface area contributed by atoms with Gasteiger partial charge >= 0.3 is 0 Å². The number of rotatable bonds is 3. The molecule has 0 aliphatic carbocycles. The van der Waals surface area contributed by atoms with Crippen molar-refractivity contribution in [1.29, 1.82) is 0 Å². The van der Waals surface area contributed by atoms with Gasteiger partial charge in [-0.3, -0.25) is 14.9 Å². The summed E-state index contributed by atoms with van der Waals surface area (Å²) in [7, 11) is 1.98. The molecule has 2 aromatic carbocycles. The number of amides is 2. The van der Waals surface area contributed by atoms with Gasteiger partial charge in [-0.05, 0) is 47.7 Å². The van der Waals surface area contributed by atoms with E-state index in [0.717, 1.165) is 38.2 Å². The molecule has 1 N–H and O–H groups in total. The van der Waals surface area contributed by atoms with Crippen LogP contribution < -0.4 is 10.2 Å². The lowest BCUT2D eigenvalue weighted by molar-refractivity contribution is -0.115. The molecule has 2 heterocycles. The quantitative estimate of drug-likeness (QED) is 0.525. The van der Waals surface area contributed by atoms with Crippen LogP contribution in [0.25, 0.3) is 16.3 Å². The summed E-state index contributed by atoms with van der Waals surface area (Å²) in [6.07, 6.45) is 1.70. The zero-order chi connectivity index (χ0) is 19.5. The Morgan fingerprint density at radius 2 is 1.93 bits per heavy atom. The molecule has 0 bridgehead atoms. The van der Waals surface area contributed by atoms with E-state index in [0.29, 0.717) is 11.4 Å². The minimum absolute atomic E-state index is 0.337. The number of carbonyl (C=O) groups is 2. The van der Waals surface area contributed by atoms with E-state index in [-0.39, 0.29) is 11.1 Å². The lowest BCUT2D eigenvalue weighted by Gasteiger charge is -2.10. The van der Waals surface area contributed by atoms with Crippen molar-refractivity contribution >= 4 is 55.7 Å². The van der Waals surface area contributed by atoms with E-state index in [2.05, 4.69) is 28.2 Å². The molecule has 1 aromatic heterocycles. The fourth-order valence-corrected chi connectivity index (χ4v) is 4.19. The van der Waals surface area contributed by atoms with Crippen LogP contribution in [0.1, 0.15) is 11.1 Å². The Morgan fingerprint density at radius 3 is 2.64 bits per heavy atom. The third-order valence-electron chi connectivity index (χ3n) is 4.01. The van der Waals surface area contributed by atoms with Gasteiger partial charge in [0.1, 0.15) is 0 Å². The maximum Gasteiger partial charge on any atom is 0.290 e. The van der Waals surface area contributed by atoms with E-state index >= 15 is 0 Å². The first-order valence-electron chi connectivity index (χ1n) is 8.49. The molecule has 2 amide bonds. The molecule has 28 heavy (non-hydrogen) atoms. The molecule has 138 valence electrons. The van der Waals surface area contributed by atoms with Crippen LogP contribution in [-0.2, 0) is 4.79 Å². The summed E-state index contributed by atoms with van der Waals surface area (Å²) in [5.41, 5.74) is 2.74. The number of thioether (sulfide) groups is 1. The number of benzene rings is 2. The molecule has 0 atom stereocenters. The van der Waals surface area contributed by atoms with Gasteiger partial charge in [0.05, 0.1) is 21.7 Å². The Balaban J connectivity index is 1.41. The Morgan fingerprint density at radius 1 is 1.14 bits per heavy atom. The lowest BCUT2D eigenvalue weighted by Crippen LogP contribution is -2.17. The van der Waals surface area contributed by atoms with Crippen LogP contribution in [0.4, 0.5) is 9.93 Å². The molecule has 1 aliphatic heterocycles. The molecule has 7 heteroatoms. The maximum atomic E-state index is 11.6. The van der Waals surface area contributed by atoms with E-state index in [1.165, 1.54) is 0 Å². The number of thiazole rings is 1. The minimum atomic E-state index is -0.350. The molecule has 0 spiro atoms. The zero-order valence-electron chi connectivity index (χ0n) is 14.9. The van der Waals surface area contributed by atoms with E-state index in [1.54, 1.807) is 17.4 Å². The number of hydrogen-bond acceptors (Lipinski definition) is 6. The van der Waals surface area contributed by atoms with Gasteiger partial charge in [-0.25, -0.2) is 4.98 Å². The number of anilines is 1. The zero-order valence-corrected chi connectivity index (χ0v) is 16.6. The molecule has 0 saturated carbocycles. The summed E-state index contributed by atoms with van der Waals surface area (Å²) < 4.78 is 1.16. The van der Waals surface area contributed by atoms with E-state index in [9.17, 15) is 9.59 Å². The van der Waals surface area contributed by atoms with Crippen LogP contribution in [-0.4, -0.2) is 29.7 Å². The summed E-state index contributed by atoms with van der Waals surface area (Å²) in [6, 6.07) is 15.6. The summed E-state index contributed by atoms with van der Waals surface area (Å²) in [6.45, 7) is 0.574. The number of nitrogens with one attached hydrogen (secondary N) is 1. The lowest BCUT2D eigenvalue weighted by atomic mass is 10.1. The van der Waals surface area contributed by atoms with Crippen LogP contribution >= 0.6 is 23.1 Å². The third-order valence-corrected chi connectivity index (χ3v) is 5.97. The average molecular weight is 406 g/mol. The van der Waals surface area contributed by atoms with Crippen LogP contribution in [0.5, 0.6) is 0 Å². The van der Waals surface area contributed by atoms with Gasteiger partial charge in [-0.15, -0.1) is 0 Å². The molecule has 1 saturated heterocycles. The molecule has 1 aliphatic rings. The van der Waals surface area contributed by atoms with Gasteiger partial charge in [0.15, 0.2) is 5.13 Å². The number of imide groups is 1. The monoisotopic (exact) mass is 405 g/mol. The fourth-order valence-electron chi connectivity index (χ4n) is 2.59. The number of para-hydroxylation sites is 1. The molecule has 0 unspecified atom stereocenters. The van der Waals surface area contributed by atoms with Gasteiger partial charge < -0.3 is 4.90 Å². The maximum absolute atomic E-state index is 11.6. The smallest absolute Gasteiger partial charge is 0.290 e. The third kappa shape index (κ3) is 4.09. The van der Waals surface area contributed by atoms with Crippen LogP contribution in [0.2, 0.25) is 0 Å². The first kappa shape index (κ1) is 18.3. The summed E-state index contributed by atoms with van der Waals surface area (Å²) in [5, 5.41) is 2.85. The van der Waals surface area contributed by atoms with Crippen LogP contribution in [0.15, 0.2) is 53.4 Å². The summed E-state index contributed by atoms with van der Waals surface area (Å²) in [5.74, 6) is 5.96. The van der Waals surface area contributed by atoms with Crippen LogP contribution in [0, 0.1) is 11.8 Å². The van der Waals surface area contributed by atoms with Crippen molar-refractivity contribution in [2.75, 3.05) is 18.5 Å². The number of aromatic nitrogens is 1. The fraction of sp³-hybridized carbons (Fsp3) is 0.0952. The Bertz CT molecular complexity index is 1120. The van der Waals surface area contributed by atoms with E-state index in [4.69, 9.17) is 0 Å². The van der Waals surface area contributed by atoms with Crippen molar-refractivity contribution in [3.63, 3.8) is 0 Å². The highest BCUT2D eigenvalue weighted by molar-refractivity contribution is 8.18. The van der Waals surface area contributed by atoms with Crippen molar-refractivity contribution in [1.82, 2.24) is 10.3 Å². The largest absolute Gasteiger partial charge is 0.340 e. The average Bonchev–Trinajstić information content (AvgIpc) is 3.26. The normalized spacial score (nSPS) is 14.8. The van der Waals surface area contributed by atoms with Crippen molar-refractivity contribution in [2.24, 2.45) is 0 Å². The van der Waals surface area contributed by atoms with Gasteiger partial charge in [0, 0.05) is 12.6 Å². The number of carbonyl (C=O) groups excluding carboxylic acids is 2. The van der Waals surface area contributed by atoms with Crippen LogP contribution in [0.3, 0.4) is 0 Å².